The van der Waals surface area contributed by atoms with Gasteiger partial charge in [-0.15, -0.1) is 0 Å². The molecule has 7 nitrogen and oxygen atoms in total. The van der Waals surface area contributed by atoms with Crippen LogP contribution in [0.3, 0.4) is 0 Å². The number of rotatable bonds is 4. The molecule has 2 aliphatic rings. The van der Waals surface area contributed by atoms with Crippen LogP contribution in [0.1, 0.15) is 12.5 Å². The van der Waals surface area contributed by atoms with Crippen molar-refractivity contribution in [3.63, 3.8) is 0 Å². The Balaban J connectivity index is 1.64. The van der Waals surface area contributed by atoms with Crippen LogP contribution in [-0.4, -0.2) is 78.2 Å². The lowest BCUT2D eigenvalue weighted by Crippen LogP contribution is -2.64. The number of nitrogens with zero attached hydrogens (tertiary/aromatic N) is 3. The normalized spacial score (nSPS) is 21.2. The van der Waals surface area contributed by atoms with Gasteiger partial charge in [-0.05, 0) is 5.56 Å². The molecule has 0 saturated carbocycles. The van der Waals surface area contributed by atoms with E-state index in [2.05, 4.69) is 22.3 Å². The van der Waals surface area contributed by atoms with E-state index >= 15 is 0 Å². The van der Waals surface area contributed by atoms with Crippen molar-refractivity contribution in [3.8, 4) is 0 Å². The molecule has 3 rings (SSSR count). The molecule has 2 heterocycles. The minimum atomic E-state index is -0.489. The maximum absolute atomic E-state index is 12.8. The Hall–Kier alpha value is -2.41. The van der Waals surface area contributed by atoms with Crippen LogP contribution in [0.4, 0.5) is 0 Å². The van der Waals surface area contributed by atoms with Crippen molar-refractivity contribution in [2.75, 3.05) is 39.8 Å². The summed E-state index contributed by atoms with van der Waals surface area (Å²) in [5.74, 6) is -0.356. The van der Waals surface area contributed by atoms with Gasteiger partial charge in [0.05, 0.1) is 5.92 Å². The van der Waals surface area contributed by atoms with E-state index < -0.39 is 6.04 Å². The predicted molar refractivity (Wildman–Crippen MR) is 97.0 cm³/mol. The fraction of sp³-hybridized carbons (Fsp3) is 0.526. The highest BCUT2D eigenvalue weighted by Gasteiger charge is 2.42. The zero-order valence-corrected chi connectivity index (χ0v) is 15.4. The first-order chi connectivity index (χ1) is 12.5. The topological polar surface area (TPSA) is 73.0 Å². The molecule has 3 amide bonds. The zero-order valence-electron chi connectivity index (χ0n) is 15.4. The quantitative estimate of drug-likeness (QED) is 0.817. The van der Waals surface area contributed by atoms with E-state index in [4.69, 9.17) is 0 Å². The molecule has 7 heteroatoms. The first-order valence-corrected chi connectivity index (χ1v) is 9.03. The molecule has 26 heavy (non-hydrogen) atoms. The summed E-state index contributed by atoms with van der Waals surface area (Å²) in [4.78, 5) is 42.1. The van der Waals surface area contributed by atoms with Crippen molar-refractivity contribution < 1.29 is 14.4 Å². The Morgan fingerprint density at radius 3 is 2.38 bits per heavy atom. The van der Waals surface area contributed by atoms with Crippen molar-refractivity contribution in [2.24, 2.45) is 5.92 Å². The largest absolute Gasteiger partial charge is 0.357 e. The Labute approximate surface area is 153 Å². The molecular weight excluding hydrogens is 332 g/mol. The van der Waals surface area contributed by atoms with Crippen LogP contribution in [0.5, 0.6) is 0 Å². The van der Waals surface area contributed by atoms with Crippen LogP contribution in [-0.2, 0) is 20.9 Å². The summed E-state index contributed by atoms with van der Waals surface area (Å²) in [7, 11) is 1.60. The van der Waals surface area contributed by atoms with Gasteiger partial charge in [-0.2, -0.15) is 0 Å². The fourth-order valence-corrected chi connectivity index (χ4v) is 3.61. The van der Waals surface area contributed by atoms with Crippen molar-refractivity contribution >= 4 is 17.7 Å². The molecule has 140 valence electrons. The summed E-state index contributed by atoms with van der Waals surface area (Å²) in [5, 5.41) is 2.68. The Morgan fingerprint density at radius 1 is 1.08 bits per heavy atom. The number of hydrogen-bond acceptors (Lipinski definition) is 4. The minimum absolute atomic E-state index is 0.00965. The van der Waals surface area contributed by atoms with E-state index in [1.807, 2.05) is 18.2 Å². The fourth-order valence-electron chi connectivity index (χ4n) is 3.61. The third-order valence-corrected chi connectivity index (χ3v) is 5.22. The van der Waals surface area contributed by atoms with E-state index in [9.17, 15) is 14.4 Å². The maximum atomic E-state index is 12.8. The molecule has 1 aromatic carbocycles. The average Bonchev–Trinajstić information content (AvgIpc) is 2.60. The molecule has 2 aliphatic heterocycles. The summed E-state index contributed by atoms with van der Waals surface area (Å²) in [6.45, 7) is 4.97. The van der Waals surface area contributed by atoms with Gasteiger partial charge < -0.3 is 15.1 Å². The van der Waals surface area contributed by atoms with E-state index in [0.717, 1.165) is 13.1 Å². The van der Waals surface area contributed by atoms with Crippen LogP contribution in [0.25, 0.3) is 0 Å². The number of likely N-dealkylation sites (tertiary alicyclic amines) is 1. The number of carbonyl (C=O) groups is 3. The standard InChI is InChI=1S/C19H26N4O3/c1-14(24)22-11-16(12-22)19(26)23-9-8-21(13-17(23)18(25)20-2)10-15-6-4-3-5-7-15/h3-7,16-17H,8-13H2,1-2H3,(H,20,25). The third-order valence-electron chi connectivity index (χ3n) is 5.22. The SMILES string of the molecule is CNC(=O)C1CN(Cc2ccccc2)CCN1C(=O)C1CN(C(C)=O)C1. The minimum Gasteiger partial charge on any atom is -0.357 e. The molecule has 0 radical (unpaired) electrons. The molecule has 1 N–H and O–H groups in total. The van der Waals surface area contributed by atoms with Crippen LogP contribution < -0.4 is 5.32 Å². The number of benzene rings is 1. The number of carbonyl (C=O) groups excluding carboxylic acids is 3. The van der Waals surface area contributed by atoms with E-state index in [0.29, 0.717) is 26.2 Å². The highest BCUT2D eigenvalue weighted by molar-refractivity contribution is 5.90. The maximum Gasteiger partial charge on any atom is 0.243 e. The molecule has 0 aromatic heterocycles. The van der Waals surface area contributed by atoms with Gasteiger partial charge in [0, 0.05) is 53.2 Å². The molecular formula is C19H26N4O3. The molecule has 1 unspecified atom stereocenters. The Bertz CT molecular complexity index is 673. The smallest absolute Gasteiger partial charge is 0.243 e. The van der Waals surface area contributed by atoms with Gasteiger partial charge >= 0.3 is 0 Å². The second-order valence-corrected chi connectivity index (χ2v) is 7.00. The van der Waals surface area contributed by atoms with Crippen LogP contribution in [0, 0.1) is 5.92 Å². The van der Waals surface area contributed by atoms with Gasteiger partial charge in [-0.1, -0.05) is 30.3 Å². The number of amides is 3. The van der Waals surface area contributed by atoms with Crippen LogP contribution in [0.15, 0.2) is 30.3 Å². The molecule has 2 fully saturated rings. The summed E-state index contributed by atoms with van der Waals surface area (Å²) in [5.41, 5.74) is 1.19. The zero-order chi connectivity index (χ0) is 18.7. The second-order valence-electron chi connectivity index (χ2n) is 7.00. The van der Waals surface area contributed by atoms with Gasteiger partial charge in [0.15, 0.2) is 0 Å². The average molecular weight is 358 g/mol. The monoisotopic (exact) mass is 358 g/mol. The number of nitrogens with one attached hydrogen (secondary N) is 1. The lowest BCUT2D eigenvalue weighted by atomic mass is 9.96. The molecule has 2 saturated heterocycles. The first-order valence-electron chi connectivity index (χ1n) is 9.03. The Morgan fingerprint density at radius 2 is 1.77 bits per heavy atom. The predicted octanol–water partition coefficient (Wildman–Crippen LogP) is -0.0763. The number of hydrogen-bond donors (Lipinski definition) is 1. The lowest BCUT2D eigenvalue weighted by Gasteiger charge is -2.45. The van der Waals surface area contributed by atoms with Crippen molar-refractivity contribution in [1.29, 1.82) is 0 Å². The summed E-state index contributed by atoms with van der Waals surface area (Å²) >= 11 is 0. The van der Waals surface area contributed by atoms with Gasteiger partial charge in [0.1, 0.15) is 6.04 Å². The highest BCUT2D eigenvalue weighted by atomic mass is 16.2. The van der Waals surface area contributed by atoms with Gasteiger partial charge in [-0.3, -0.25) is 19.3 Å². The summed E-state index contributed by atoms with van der Waals surface area (Å²) in [6, 6.07) is 9.63. The molecule has 1 atom stereocenters. The molecule has 1 aromatic rings. The summed E-state index contributed by atoms with van der Waals surface area (Å²) in [6.07, 6.45) is 0. The van der Waals surface area contributed by atoms with Gasteiger partial charge in [0.25, 0.3) is 0 Å². The van der Waals surface area contributed by atoms with Gasteiger partial charge in [-0.25, -0.2) is 0 Å². The van der Waals surface area contributed by atoms with Crippen LogP contribution in [0.2, 0.25) is 0 Å². The van der Waals surface area contributed by atoms with Gasteiger partial charge in [0.2, 0.25) is 17.7 Å². The van der Waals surface area contributed by atoms with Crippen molar-refractivity contribution in [3.05, 3.63) is 35.9 Å². The highest BCUT2D eigenvalue weighted by Crippen LogP contribution is 2.22. The van der Waals surface area contributed by atoms with E-state index in [1.165, 1.54) is 12.5 Å². The Kier molecular flexibility index (Phi) is 5.56. The van der Waals surface area contributed by atoms with E-state index in [1.54, 1.807) is 16.8 Å². The number of piperazine rings is 1. The third kappa shape index (κ3) is 3.88. The molecule has 0 bridgehead atoms. The van der Waals surface area contributed by atoms with Crippen molar-refractivity contribution in [1.82, 2.24) is 20.0 Å². The van der Waals surface area contributed by atoms with Crippen molar-refractivity contribution in [2.45, 2.75) is 19.5 Å². The second kappa shape index (κ2) is 7.86. The summed E-state index contributed by atoms with van der Waals surface area (Å²) < 4.78 is 0. The number of likely N-dealkylation sites (N-methyl/N-ethyl adjacent to an activating group) is 1. The lowest BCUT2D eigenvalue weighted by molar-refractivity contribution is -0.154. The van der Waals surface area contributed by atoms with E-state index in [-0.39, 0.29) is 23.6 Å². The van der Waals surface area contributed by atoms with Crippen LogP contribution >= 0.6 is 0 Å². The molecule has 0 aliphatic carbocycles. The first kappa shape index (κ1) is 18.4. The molecule has 0 spiro atoms.